The molecule has 0 aliphatic carbocycles. The number of nitrogens with one attached hydrogen (secondary N) is 1. The number of unbranched alkanes of at least 4 members (excludes halogenated alkanes) is 42. The molecule has 0 aliphatic heterocycles. The molecular weight excluding hydrogens is 803 g/mol. The fraction of sp³-hybridized carbons (Fsp3) is 0.932. The van der Waals surface area contributed by atoms with E-state index in [1.807, 2.05) is 0 Å². The van der Waals surface area contributed by atoms with E-state index in [1.54, 1.807) is 0 Å². The molecule has 3 N–H and O–H groups in total. The van der Waals surface area contributed by atoms with E-state index in [4.69, 9.17) is 4.74 Å². The molecule has 0 heterocycles. The van der Waals surface area contributed by atoms with E-state index in [2.05, 4.69) is 31.3 Å². The topological polar surface area (TPSA) is 95.9 Å². The van der Waals surface area contributed by atoms with Gasteiger partial charge in [-0.3, -0.25) is 9.59 Å². The molecule has 6 nitrogen and oxygen atoms in total. The molecule has 0 fully saturated rings. The van der Waals surface area contributed by atoms with Gasteiger partial charge in [-0.25, -0.2) is 0 Å². The van der Waals surface area contributed by atoms with E-state index in [-0.39, 0.29) is 18.5 Å². The van der Waals surface area contributed by atoms with Gasteiger partial charge >= 0.3 is 5.97 Å². The second kappa shape index (κ2) is 55.2. The van der Waals surface area contributed by atoms with Crippen molar-refractivity contribution < 1.29 is 24.5 Å². The van der Waals surface area contributed by atoms with Crippen LogP contribution >= 0.6 is 0 Å². The minimum Gasteiger partial charge on any atom is -0.466 e. The third-order valence-corrected chi connectivity index (χ3v) is 13.8. The molecular formula is C59H115NO5. The monoisotopic (exact) mass is 918 g/mol. The van der Waals surface area contributed by atoms with Crippen molar-refractivity contribution in [1.82, 2.24) is 5.32 Å². The van der Waals surface area contributed by atoms with Crippen molar-refractivity contribution in [3.8, 4) is 0 Å². The van der Waals surface area contributed by atoms with Gasteiger partial charge in [-0.1, -0.05) is 276 Å². The maximum Gasteiger partial charge on any atom is 0.305 e. The molecule has 65 heavy (non-hydrogen) atoms. The Hall–Kier alpha value is -1.40. The number of hydrogen-bond donors (Lipinski definition) is 3. The fourth-order valence-electron chi connectivity index (χ4n) is 9.28. The highest BCUT2D eigenvalue weighted by molar-refractivity contribution is 5.76. The Morgan fingerprint density at radius 3 is 1.09 bits per heavy atom. The van der Waals surface area contributed by atoms with Crippen LogP contribution in [0.25, 0.3) is 0 Å². The molecule has 0 saturated carbocycles. The van der Waals surface area contributed by atoms with Crippen LogP contribution in [0.2, 0.25) is 0 Å². The maximum atomic E-state index is 12.5. The summed E-state index contributed by atoms with van der Waals surface area (Å²) in [6.45, 7) is 4.90. The van der Waals surface area contributed by atoms with Crippen molar-refractivity contribution in [2.75, 3.05) is 13.2 Å². The smallest absolute Gasteiger partial charge is 0.305 e. The number of rotatable bonds is 55. The van der Waals surface area contributed by atoms with E-state index in [9.17, 15) is 19.8 Å². The van der Waals surface area contributed by atoms with Crippen LogP contribution in [0.4, 0.5) is 0 Å². The number of ether oxygens (including phenoxy) is 1. The molecule has 0 saturated heterocycles. The quantitative estimate of drug-likeness (QED) is 0.0321. The van der Waals surface area contributed by atoms with Gasteiger partial charge in [0.1, 0.15) is 0 Å². The van der Waals surface area contributed by atoms with E-state index in [0.29, 0.717) is 25.9 Å². The summed E-state index contributed by atoms with van der Waals surface area (Å²) in [4.78, 5) is 24.6. The van der Waals surface area contributed by atoms with Crippen molar-refractivity contribution in [1.29, 1.82) is 0 Å². The average molecular weight is 919 g/mol. The number of carbonyl (C=O) groups excluding carboxylic acids is 2. The summed E-state index contributed by atoms with van der Waals surface area (Å²) in [6.07, 6.45) is 64.9. The van der Waals surface area contributed by atoms with Crippen molar-refractivity contribution in [2.45, 2.75) is 341 Å². The largest absolute Gasteiger partial charge is 0.466 e. The predicted octanol–water partition coefficient (Wildman–Crippen LogP) is 18.1. The van der Waals surface area contributed by atoms with Crippen LogP contribution in [0.3, 0.4) is 0 Å². The molecule has 0 aromatic heterocycles. The fourth-order valence-corrected chi connectivity index (χ4v) is 9.28. The highest BCUT2D eigenvalue weighted by Gasteiger charge is 2.20. The summed E-state index contributed by atoms with van der Waals surface area (Å²) >= 11 is 0. The zero-order valence-corrected chi connectivity index (χ0v) is 44.0. The first kappa shape index (κ1) is 63.6. The van der Waals surface area contributed by atoms with Crippen molar-refractivity contribution in [3.05, 3.63) is 12.2 Å². The van der Waals surface area contributed by atoms with Crippen molar-refractivity contribution >= 4 is 11.9 Å². The lowest BCUT2D eigenvalue weighted by molar-refractivity contribution is -0.143. The van der Waals surface area contributed by atoms with Crippen LogP contribution in [-0.4, -0.2) is 47.4 Å². The van der Waals surface area contributed by atoms with E-state index in [0.717, 1.165) is 77.0 Å². The van der Waals surface area contributed by atoms with Crippen LogP contribution in [0.15, 0.2) is 12.2 Å². The van der Waals surface area contributed by atoms with Crippen LogP contribution in [-0.2, 0) is 14.3 Å². The van der Waals surface area contributed by atoms with Gasteiger partial charge in [-0.05, 0) is 51.4 Å². The van der Waals surface area contributed by atoms with Gasteiger partial charge in [-0.2, -0.15) is 0 Å². The molecule has 0 aromatic rings. The molecule has 386 valence electrons. The molecule has 0 spiro atoms. The minimum absolute atomic E-state index is 0.0306. The molecule has 0 bridgehead atoms. The molecule has 0 radical (unpaired) electrons. The number of aliphatic hydroxyl groups excluding tert-OH is 2. The molecule has 2 unspecified atom stereocenters. The Bertz CT molecular complexity index is 970. The molecule has 0 rings (SSSR count). The van der Waals surface area contributed by atoms with Crippen molar-refractivity contribution in [2.24, 2.45) is 0 Å². The number of aliphatic hydroxyl groups is 2. The van der Waals surface area contributed by atoms with Crippen LogP contribution in [0, 0.1) is 0 Å². The van der Waals surface area contributed by atoms with Gasteiger partial charge in [0.2, 0.25) is 5.91 Å². The van der Waals surface area contributed by atoms with Crippen LogP contribution < -0.4 is 5.32 Å². The van der Waals surface area contributed by atoms with Crippen molar-refractivity contribution in [3.63, 3.8) is 0 Å². The van der Waals surface area contributed by atoms with Gasteiger partial charge in [0.25, 0.3) is 0 Å². The number of hydrogen-bond acceptors (Lipinski definition) is 5. The maximum absolute atomic E-state index is 12.5. The molecule has 0 aliphatic rings. The minimum atomic E-state index is -0.685. The molecule has 6 heteroatoms. The van der Waals surface area contributed by atoms with Crippen LogP contribution in [0.5, 0.6) is 0 Å². The van der Waals surface area contributed by atoms with E-state index in [1.165, 1.54) is 218 Å². The van der Waals surface area contributed by atoms with Gasteiger partial charge in [0, 0.05) is 12.8 Å². The lowest BCUT2D eigenvalue weighted by Gasteiger charge is -2.22. The molecule has 0 aromatic carbocycles. The Labute approximate surface area is 406 Å². The summed E-state index contributed by atoms with van der Waals surface area (Å²) in [5, 5.41) is 23.3. The highest BCUT2D eigenvalue weighted by atomic mass is 16.5. The highest BCUT2D eigenvalue weighted by Crippen LogP contribution is 2.18. The van der Waals surface area contributed by atoms with E-state index >= 15 is 0 Å². The number of amides is 1. The summed E-state index contributed by atoms with van der Waals surface area (Å²) < 4.78 is 5.46. The summed E-state index contributed by atoms with van der Waals surface area (Å²) in [6, 6.07) is -0.566. The average Bonchev–Trinajstić information content (AvgIpc) is 3.31. The summed E-state index contributed by atoms with van der Waals surface area (Å²) in [5.41, 5.74) is 0. The first-order chi connectivity index (χ1) is 32.0. The zero-order valence-electron chi connectivity index (χ0n) is 44.0. The van der Waals surface area contributed by atoms with Crippen LogP contribution in [0.1, 0.15) is 328 Å². The summed E-state index contributed by atoms with van der Waals surface area (Å²) in [5.74, 6) is -0.0976. The number of allylic oxidation sites excluding steroid dienone is 2. The lowest BCUT2D eigenvalue weighted by Crippen LogP contribution is -2.45. The Kier molecular flexibility index (Phi) is 54.0. The first-order valence-electron chi connectivity index (χ1n) is 29.4. The Morgan fingerprint density at radius 2 is 0.723 bits per heavy atom. The molecule has 1 amide bonds. The lowest BCUT2D eigenvalue weighted by atomic mass is 10.0. The standard InChI is InChI=1S/C59H115NO5/c1-3-5-7-9-11-13-15-17-19-21-23-25-27-29-31-35-39-43-47-51-57(62)56(55-61)60-58(63)52-48-44-40-36-33-34-38-42-46-50-54-65-59(64)53-49-45-41-37-32-30-28-26-24-22-20-18-16-14-12-10-8-6-4-2/h34,38,56-57,61-62H,3-33,35-37,39-55H2,1-2H3,(H,60,63)/b38-34-. The SMILES string of the molecule is CCCCCCCCCCCCCCCCCCCCCC(=O)OCCCC/C=C\CCCCCCC(=O)NC(CO)C(O)CCCCCCCCCCCCCCCCCCCCC. The second-order valence-electron chi connectivity index (χ2n) is 20.3. The zero-order chi connectivity index (χ0) is 47.2. The Balaban J connectivity index is 3.48. The number of esters is 1. The third-order valence-electron chi connectivity index (χ3n) is 13.8. The summed E-state index contributed by atoms with van der Waals surface area (Å²) in [7, 11) is 0. The molecule has 2 atom stereocenters. The van der Waals surface area contributed by atoms with Gasteiger partial charge in [-0.15, -0.1) is 0 Å². The second-order valence-corrected chi connectivity index (χ2v) is 20.3. The Morgan fingerprint density at radius 1 is 0.415 bits per heavy atom. The number of carbonyl (C=O) groups is 2. The van der Waals surface area contributed by atoms with Gasteiger partial charge in [0.15, 0.2) is 0 Å². The first-order valence-corrected chi connectivity index (χ1v) is 29.4. The normalized spacial score (nSPS) is 12.6. The third kappa shape index (κ3) is 51.8. The van der Waals surface area contributed by atoms with E-state index < -0.39 is 12.1 Å². The van der Waals surface area contributed by atoms with Gasteiger partial charge < -0.3 is 20.3 Å². The van der Waals surface area contributed by atoms with Gasteiger partial charge in [0.05, 0.1) is 25.4 Å². The predicted molar refractivity (Wildman–Crippen MR) is 283 cm³/mol.